The van der Waals surface area contributed by atoms with Crippen LogP contribution in [0.3, 0.4) is 0 Å². The average Bonchev–Trinajstić information content (AvgIpc) is 3.20. The van der Waals surface area contributed by atoms with E-state index in [-0.39, 0.29) is 11.8 Å². The predicted molar refractivity (Wildman–Crippen MR) is 106 cm³/mol. The monoisotopic (exact) mass is 386 g/mol. The molecule has 4 rings (SSSR count). The summed E-state index contributed by atoms with van der Waals surface area (Å²) >= 11 is 0. The molecular formula is C21H30N4O3. The van der Waals surface area contributed by atoms with E-state index < -0.39 is 5.41 Å². The fourth-order valence-corrected chi connectivity index (χ4v) is 4.49. The highest BCUT2D eigenvalue weighted by molar-refractivity contribution is 6.06. The summed E-state index contributed by atoms with van der Waals surface area (Å²) in [5, 5.41) is 2.47. The highest BCUT2D eigenvalue weighted by Gasteiger charge is 2.50. The third kappa shape index (κ3) is 4.21. The molecule has 3 aliphatic rings. The maximum absolute atomic E-state index is 12.2. The van der Waals surface area contributed by atoms with Gasteiger partial charge < -0.3 is 9.64 Å². The first-order valence-corrected chi connectivity index (χ1v) is 10.2. The van der Waals surface area contributed by atoms with Gasteiger partial charge >= 0.3 is 0 Å². The van der Waals surface area contributed by atoms with Gasteiger partial charge in [0.1, 0.15) is 12.4 Å². The van der Waals surface area contributed by atoms with E-state index in [1.807, 2.05) is 18.2 Å². The number of carbonyl (C=O) groups is 2. The molecular weight excluding hydrogens is 356 g/mol. The van der Waals surface area contributed by atoms with Crippen LogP contribution in [0.15, 0.2) is 24.3 Å². The molecule has 0 saturated carbocycles. The van der Waals surface area contributed by atoms with Crippen LogP contribution in [-0.2, 0) is 16.1 Å². The zero-order valence-electron chi connectivity index (χ0n) is 16.7. The molecule has 1 unspecified atom stereocenters. The number of para-hydroxylation sites is 1. The number of nitrogens with zero attached hydrogens (tertiary/aromatic N) is 3. The maximum Gasteiger partial charge on any atom is 0.234 e. The Morgan fingerprint density at radius 2 is 1.86 bits per heavy atom. The largest absolute Gasteiger partial charge is 0.492 e. The second kappa shape index (κ2) is 8.19. The number of benzene rings is 1. The fraction of sp³-hybridized carbons (Fsp3) is 0.619. The van der Waals surface area contributed by atoms with E-state index in [0.717, 1.165) is 63.5 Å². The summed E-state index contributed by atoms with van der Waals surface area (Å²) < 4.78 is 6.12. The van der Waals surface area contributed by atoms with Crippen LogP contribution in [0.5, 0.6) is 5.75 Å². The first-order valence-electron chi connectivity index (χ1n) is 10.2. The van der Waals surface area contributed by atoms with Gasteiger partial charge in [0.2, 0.25) is 11.8 Å². The highest BCUT2D eigenvalue weighted by Crippen LogP contribution is 2.38. The first-order chi connectivity index (χ1) is 13.5. The smallest absolute Gasteiger partial charge is 0.234 e. The Balaban J connectivity index is 1.31. The van der Waals surface area contributed by atoms with E-state index in [1.54, 1.807) is 0 Å². The van der Waals surface area contributed by atoms with Gasteiger partial charge in [0.15, 0.2) is 0 Å². The van der Waals surface area contributed by atoms with Crippen LogP contribution in [0.2, 0.25) is 0 Å². The third-order valence-electron chi connectivity index (χ3n) is 6.29. The number of ether oxygens (including phenoxy) is 1. The summed E-state index contributed by atoms with van der Waals surface area (Å²) in [6.07, 6.45) is 1.07. The molecule has 28 heavy (non-hydrogen) atoms. The fourth-order valence-electron chi connectivity index (χ4n) is 4.49. The lowest BCUT2D eigenvalue weighted by Crippen LogP contribution is -2.45. The zero-order valence-corrected chi connectivity index (χ0v) is 16.7. The molecule has 152 valence electrons. The summed E-state index contributed by atoms with van der Waals surface area (Å²) in [6, 6.07) is 8.15. The third-order valence-corrected chi connectivity index (χ3v) is 6.29. The average molecular weight is 386 g/mol. The summed E-state index contributed by atoms with van der Waals surface area (Å²) in [4.78, 5) is 30.9. The Hall–Kier alpha value is -1.96. The number of rotatable bonds is 6. The van der Waals surface area contributed by atoms with Gasteiger partial charge in [-0.2, -0.15) is 0 Å². The SMILES string of the molecule is CN1CCN(CCOc2ccccc2CN2CCC3(CC(=O)NC3=O)C2)CC1. The van der Waals surface area contributed by atoms with Crippen molar-refractivity contribution in [1.82, 2.24) is 20.0 Å². The molecule has 1 spiro atoms. The van der Waals surface area contributed by atoms with Gasteiger partial charge in [-0.3, -0.25) is 24.7 Å². The maximum atomic E-state index is 12.2. The molecule has 3 aliphatic heterocycles. The van der Waals surface area contributed by atoms with Gasteiger partial charge in [-0.1, -0.05) is 18.2 Å². The number of amides is 2. The number of likely N-dealkylation sites (tertiary alicyclic amines) is 1. The molecule has 1 N–H and O–H groups in total. The molecule has 0 bridgehead atoms. The van der Waals surface area contributed by atoms with E-state index in [9.17, 15) is 9.59 Å². The van der Waals surface area contributed by atoms with Crippen molar-refractivity contribution in [3.63, 3.8) is 0 Å². The second-order valence-corrected chi connectivity index (χ2v) is 8.40. The normalized spacial score (nSPS) is 26.9. The molecule has 7 nitrogen and oxygen atoms in total. The summed E-state index contributed by atoms with van der Waals surface area (Å²) in [6.45, 7) is 8.26. The first kappa shape index (κ1) is 19.4. The van der Waals surface area contributed by atoms with Gasteiger partial charge in [0.25, 0.3) is 0 Å². The van der Waals surface area contributed by atoms with Crippen molar-refractivity contribution < 1.29 is 14.3 Å². The van der Waals surface area contributed by atoms with Crippen LogP contribution in [0.1, 0.15) is 18.4 Å². The van der Waals surface area contributed by atoms with Gasteiger partial charge in [-0.25, -0.2) is 0 Å². The molecule has 7 heteroatoms. The number of imide groups is 1. The van der Waals surface area contributed by atoms with E-state index in [1.165, 1.54) is 0 Å². The van der Waals surface area contributed by atoms with Crippen LogP contribution in [0.4, 0.5) is 0 Å². The van der Waals surface area contributed by atoms with Crippen molar-refractivity contribution in [1.29, 1.82) is 0 Å². The molecule has 1 atom stereocenters. The zero-order chi connectivity index (χ0) is 19.6. The Bertz CT molecular complexity index is 732. The lowest BCUT2D eigenvalue weighted by molar-refractivity contribution is -0.128. The lowest BCUT2D eigenvalue weighted by Gasteiger charge is -2.32. The summed E-state index contributed by atoms with van der Waals surface area (Å²) in [5.41, 5.74) is 0.622. The highest BCUT2D eigenvalue weighted by atomic mass is 16.5. The molecule has 3 heterocycles. The molecule has 3 fully saturated rings. The van der Waals surface area contributed by atoms with Gasteiger partial charge in [0, 0.05) is 57.8 Å². The molecule has 1 aromatic rings. The topological polar surface area (TPSA) is 65.1 Å². The lowest BCUT2D eigenvalue weighted by atomic mass is 9.85. The summed E-state index contributed by atoms with van der Waals surface area (Å²) in [7, 11) is 2.16. The summed E-state index contributed by atoms with van der Waals surface area (Å²) in [5.74, 6) is 0.681. The minimum atomic E-state index is -0.520. The number of piperazine rings is 1. The van der Waals surface area contributed by atoms with E-state index >= 15 is 0 Å². The number of hydrogen-bond donors (Lipinski definition) is 1. The standard InChI is InChI=1S/C21H30N4O3/c1-23-8-10-24(11-9-23)12-13-28-18-5-3-2-4-17(18)15-25-7-6-21(16-25)14-19(26)22-20(21)27/h2-5H,6-16H2,1H3,(H,22,26,27). The molecule has 0 aliphatic carbocycles. The Labute approximate surface area is 166 Å². The number of likely N-dealkylation sites (N-methyl/N-ethyl adjacent to an activating group) is 1. The van der Waals surface area contributed by atoms with Crippen molar-refractivity contribution in [3.05, 3.63) is 29.8 Å². The van der Waals surface area contributed by atoms with Crippen LogP contribution >= 0.6 is 0 Å². The van der Waals surface area contributed by atoms with Gasteiger partial charge in [0.05, 0.1) is 5.41 Å². The van der Waals surface area contributed by atoms with Crippen LogP contribution in [0, 0.1) is 5.41 Å². The van der Waals surface area contributed by atoms with E-state index in [0.29, 0.717) is 19.6 Å². The van der Waals surface area contributed by atoms with Crippen molar-refractivity contribution in [2.24, 2.45) is 5.41 Å². The van der Waals surface area contributed by atoms with Crippen molar-refractivity contribution >= 4 is 11.8 Å². The van der Waals surface area contributed by atoms with Gasteiger partial charge in [-0.05, 0) is 26.1 Å². The van der Waals surface area contributed by atoms with Crippen molar-refractivity contribution in [2.75, 3.05) is 59.5 Å². The Morgan fingerprint density at radius 3 is 2.61 bits per heavy atom. The quantitative estimate of drug-likeness (QED) is 0.721. The van der Waals surface area contributed by atoms with Crippen molar-refractivity contribution in [2.45, 2.75) is 19.4 Å². The van der Waals surface area contributed by atoms with Crippen molar-refractivity contribution in [3.8, 4) is 5.75 Å². The van der Waals surface area contributed by atoms with Crippen LogP contribution in [0.25, 0.3) is 0 Å². The second-order valence-electron chi connectivity index (χ2n) is 8.40. The Morgan fingerprint density at radius 1 is 1.07 bits per heavy atom. The van der Waals surface area contributed by atoms with E-state index in [4.69, 9.17) is 4.74 Å². The number of hydrogen-bond acceptors (Lipinski definition) is 6. The van der Waals surface area contributed by atoms with E-state index in [2.05, 4.69) is 33.1 Å². The molecule has 0 aromatic heterocycles. The van der Waals surface area contributed by atoms with Crippen LogP contribution < -0.4 is 10.1 Å². The number of nitrogens with one attached hydrogen (secondary N) is 1. The Kier molecular flexibility index (Phi) is 5.66. The van der Waals surface area contributed by atoms with Crippen LogP contribution in [-0.4, -0.2) is 86.0 Å². The molecule has 1 aromatic carbocycles. The minimum absolute atomic E-state index is 0.100. The molecule has 3 saturated heterocycles. The number of carbonyl (C=O) groups excluding carboxylic acids is 2. The predicted octanol–water partition coefficient (Wildman–Crippen LogP) is 0.551. The minimum Gasteiger partial charge on any atom is -0.492 e. The molecule has 2 amide bonds. The van der Waals surface area contributed by atoms with Gasteiger partial charge in [-0.15, -0.1) is 0 Å². The molecule has 0 radical (unpaired) electrons.